The number of anilines is 1. The zero-order valence-electron chi connectivity index (χ0n) is 32.2. The van der Waals surface area contributed by atoms with Crippen molar-refractivity contribution in [1.29, 1.82) is 0 Å². The molecule has 5 unspecified atom stereocenters. The molecule has 1 saturated heterocycles. The van der Waals surface area contributed by atoms with Crippen molar-refractivity contribution in [2.75, 3.05) is 25.6 Å². The highest BCUT2D eigenvalue weighted by molar-refractivity contribution is 7.14. The predicted molar refractivity (Wildman–Crippen MR) is 210 cm³/mol. The SMILES string of the molecule is COc1ccc2c(OC3CC4C(=O)NC5(C(=O)O)CC5/C=C/CCCCCC(OC5CCCC5)C(=O)N4C3)cc(-c3csc(NC(=O)OCC(C)C)n3)nc2c1. The van der Waals surface area contributed by atoms with Crippen LogP contribution in [-0.2, 0) is 23.9 Å². The van der Waals surface area contributed by atoms with Gasteiger partial charge >= 0.3 is 12.1 Å². The summed E-state index contributed by atoms with van der Waals surface area (Å²) in [4.78, 5) is 64.6. The van der Waals surface area contributed by atoms with Crippen molar-refractivity contribution in [3.63, 3.8) is 0 Å². The molecule has 15 heteroatoms. The fraction of sp³-hybridized carbons (Fsp3) is 0.561. The van der Waals surface area contributed by atoms with Gasteiger partial charge in [0.25, 0.3) is 5.91 Å². The fourth-order valence-corrected chi connectivity index (χ4v) is 8.58. The van der Waals surface area contributed by atoms with E-state index in [1.165, 1.54) is 11.3 Å². The van der Waals surface area contributed by atoms with Crippen LogP contribution in [0.15, 0.2) is 41.8 Å². The van der Waals surface area contributed by atoms with Gasteiger partial charge in [0.15, 0.2) is 5.13 Å². The van der Waals surface area contributed by atoms with Gasteiger partial charge in [0.1, 0.15) is 41.0 Å². The highest BCUT2D eigenvalue weighted by Crippen LogP contribution is 2.46. The molecule has 300 valence electrons. The Morgan fingerprint density at radius 1 is 1.05 bits per heavy atom. The first-order valence-electron chi connectivity index (χ1n) is 19.8. The lowest BCUT2D eigenvalue weighted by molar-refractivity contribution is -0.153. The summed E-state index contributed by atoms with van der Waals surface area (Å²) in [5, 5.41) is 18.6. The smallest absolute Gasteiger partial charge is 0.413 e. The van der Waals surface area contributed by atoms with Crippen molar-refractivity contribution >= 4 is 51.2 Å². The number of rotatable bonds is 10. The second-order valence-electron chi connectivity index (χ2n) is 15.7. The molecule has 3 N–H and O–H groups in total. The zero-order chi connectivity index (χ0) is 39.4. The van der Waals surface area contributed by atoms with Gasteiger partial charge in [-0.2, -0.15) is 0 Å². The Morgan fingerprint density at radius 2 is 1.86 bits per heavy atom. The summed E-state index contributed by atoms with van der Waals surface area (Å²) in [5.41, 5.74) is 0.126. The number of allylic oxidation sites excluding steroid dienone is 1. The Hall–Kier alpha value is -4.76. The maximum atomic E-state index is 14.5. The molecule has 4 heterocycles. The zero-order valence-corrected chi connectivity index (χ0v) is 33.0. The number of amides is 3. The minimum Gasteiger partial charge on any atom is -0.497 e. The summed E-state index contributed by atoms with van der Waals surface area (Å²) in [6.07, 6.45) is 10.3. The predicted octanol–water partition coefficient (Wildman–Crippen LogP) is 6.73. The number of aliphatic carboxylic acids is 1. The van der Waals surface area contributed by atoms with E-state index in [9.17, 15) is 24.3 Å². The quantitative estimate of drug-likeness (QED) is 0.186. The van der Waals surface area contributed by atoms with Crippen molar-refractivity contribution in [1.82, 2.24) is 20.2 Å². The van der Waals surface area contributed by atoms with Gasteiger partial charge in [-0.15, -0.1) is 11.3 Å². The molecule has 2 saturated carbocycles. The van der Waals surface area contributed by atoms with Gasteiger partial charge in [0.05, 0.1) is 37.6 Å². The van der Waals surface area contributed by atoms with Crippen LogP contribution >= 0.6 is 11.3 Å². The molecule has 7 rings (SSSR count). The number of ether oxygens (including phenoxy) is 4. The number of nitrogens with one attached hydrogen (secondary N) is 2. The van der Waals surface area contributed by atoms with Crippen LogP contribution in [0.5, 0.6) is 11.5 Å². The number of thiazole rings is 1. The number of benzene rings is 1. The minimum atomic E-state index is -1.41. The maximum absolute atomic E-state index is 14.5. The molecule has 5 atom stereocenters. The van der Waals surface area contributed by atoms with Crippen LogP contribution in [0.3, 0.4) is 0 Å². The molecular formula is C41H51N5O9S. The normalized spacial score (nSPS) is 26.5. The van der Waals surface area contributed by atoms with Crippen LogP contribution in [0.1, 0.15) is 84.5 Å². The molecule has 4 aliphatic rings. The van der Waals surface area contributed by atoms with Crippen LogP contribution in [0, 0.1) is 11.8 Å². The average molecular weight is 790 g/mol. The van der Waals surface area contributed by atoms with Gasteiger partial charge in [-0.3, -0.25) is 14.9 Å². The molecule has 3 aromatic rings. The number of pyridine rings is 1. The van der Waals surface area contributed by atoms with Crippen LogP contribution in [0.2, 0.25) is 0 Å². The van der Waals surface area contributed by atoms with Crippen molar-refractivity contribution < 1.29 is 43.2 Å². The summed E-state index contributed by atoms with van der Waals surface area (Å²) < 4.78 is 24.0. The van der Waals surface area contributed by atoms with E-state index in [0.717, 1.165) is 51.4 Å². The lowest BCUT2D eigenvalue weighted by atomic mass is 10.1. The van der Waals surface area contributed by atoms with E-state index in [4.69, 9.17) is 23.9 Å². The van der Waals surface area contributed by atoms with E-state index in [0.29, 0.717) is 51.8 Å². The molecule has 0 radical (unpaired) electrons. The summed E-state index contributed by atoms with van der Waals surface area (Å²) in [7, 11) is 1.57. The fourth-order valence-electron chi connectivity index (χ4n) is 7.89. The van der Waals surface area contributed by atoms with E-state index < -0.39 is 41.8 Å². The number of hydrogen-bond donors (Lipinski definition) is 3. The average Bonchev–Trinajstić information content (AvgIpc) is 3.62. The molecule has 2 aliphatic heterocycles. The number of hydrogen-bond acceptors (Lipinski definition) is 11. The minimum absolute atomic E-state index is 0.0101. The molecule has 1 aromatic carbocycles. The number of carbonyl (C=O) groups excluding carboxylic acids is 3. The van der Waals surface area contributed by atoms with Gasteiger partial charge < -0.3 is 34.3 Å². The van der Waals surface area contributed by atoms with Crippen LogP contribution in [0.4, 0.5) is 9.93 Å². The van der Waals surface area contributed by atoms with Gasteiger partial charge in [-0.05, 0) is 56.6 Å². The Morgan fingerprint density at radius 3 is 2.62 bits per heavy atom. The number of aromatic nitrogens is 2. The first kappa shape index (κ1) is 39.5. The summed E-state index contributed by atoms with van der Waals surface area (Å²) in [6, 6.07) is 6.22. The number of methoxy groups -OCH3 is 1. The van der Waals surface area contributed by atoms with Crippen molar-refractivity contribution in [2.45, 2.75) is 114 Å². The van der Waals surface area contributed by atoms with Crippen LogP contribution in [0.25, 0.3) is 22.3 Å². The molecular weight excluding hydrogens is 739 g/mol. The molecule has 2 aromatic heterocycles. The van der Waals surface area contributed by atoms with E-state index in [-0.39, 0.29) is 43.4 Å². The summed E-state index contributed by atoms with van der Waals surface area (Å²) in [6.45, 7) is 4.28. The van der Waals surface area contributed by atoms with Gasteiger partial charge in [-0.1, -0.05) is 51.7 Å². The topological polar surface area (TPSA) is 179 Å². The molecule has 14 nitrogen and oxygen atoms in total. The first-order chi connectivity index (χ1) is 27.0. The lowest BCUT2D eigenvalue weighted by Crippen LogP contribution is -2.54. The second kappa shape index (κ2) is 17.2. The first-order valence-corrected chi connectivity index (χ1v) is 20.6. The van der Waals surface area contributed by atoms with E-state index >= 15 is 0 Å². The van der Waals surface area contributed by atoms with E-state index in [2.05, 4.69) is 15.6 Å². The van der Waals surface area contributed by atoms with Crippen LogP contribution < -0.4 is 20.1 Å². The molecule has 3 fully saturated rings. The monoisotopic (exact) mass is 789 g/mol. The Balaban J connectivity index is 1.18. The number of nitrogens with zero attached hydrogens (tertiary/aromatic N) is 3. The number of carboxylic acids is 1. The molecule has 2 aliphatic carbocycles. The number of carboxylic acid groups (broad SMARTS) is 1. The van der Waals surface area contributed by atoms with E-state index in [1.807, 2.05) is 32.1 Å². The van der Waals surface area contributed by atoms with Crippen LogP contribution in [-0.4, -0.2) is 94.0 Å². The Kier molecular flexibility index (Phi) is 12.1. The van der Waals surface area contributed by atoms with Crippen molar-refractivity contribution in [3.8, 4) is 22.9 Å². The summed E-state index contributed by atoms with van der Waals surface area (Å²) >= 11 is 1.23. The Labute approximate surface area is 330 Å². The third kappa shape index (κ3) is 8.94. The van der Waals surface area contributed by atoms with Crippen molar-refractivity contribution in [2.24, 2.45) is 11.8 Å². The van der Waals surface area contributed by atoms with Gasteiger partial charge in [-0.25, -0.2) is 19.6 Å². The molecule has 0 bridgehead atoms. The summed E-state index contributed by atoms with van der Waals surface area (Å²) in [5.74, 6) is -0.968. The highest BCUT2D eigenvalue weighted by Gasteiger charge is 2.61. The molecule has 56 heavy (non-hydrogen) atoms. The second-order valence-corrected chi connectivity index (χ2v) is 16.6. The number of fused-ring (bicyclic) bond motifs is 3. The lowest BCUT2D eigenvalue weighted by Gasteiger charge is -2.30. The molecule has 0 spiro atoms. The maximum Gasteiger partial charge on any atom is 0.413 e. The Bertz CT molecular complexity index is 1960. The largest absolute Gasteiger partial charge is 0.497 e. The van der Waals surface area contributed by atoms with Gasteiger partial charge in [0, 0.05) is 35.2 Å². The van der Waals surface area contributed by atoms with E-state index in [1.54, 1.807) is 35.6 Å². The van der Waals surface area contributed by atoms with Crippen molar-refractivity contribution in [3.05, 3.63) is 41.8 Å². The highest BCUT2D eigenvalue weighted by atomic mass is 32.1. The molecule has 3 amide bonds. The van der Waals surface area contributed by atoms with Gasteiger partial charge in [0.2, 0.25) is 5.91 Å². The standard InChI is InChI=1S/C41H51N5O9S/c1-24(2)22-53-40(51)44-39-43-32(23-56-39)31-19-35(29-16-15-27(52-3)17-30(29)42-31)55-28-18-33-36(47)45-41(38(49)50)20-25(41)11-7-5-4-6-8-14-34(37(48)46(33)21-28)54-26-12-9-10-13-26/h7,11,15-17,19,23-26,28,33-34H,4-6,8-10,12-14,18,20-22H2,1-3H3,(H,45,47)(H,49,50)(H,43,44,51)/b11-7+. The number of carbonyl (C=O) groups is 4. The third-order valence-corrected chi connectivity index (χ3v) is 11.8. The third-order valence-electron chi connectivity index (χ3n) is 11.0.